The first-order valence-corrected chi connectivity index (χ1v) is 6.50. The average Bonchev–Trinajstić information content (AvgIpc) is 2.27. The normalized spacial score (nSPS) is 18.7. The van der Waals surface area contributed by atoms with E-state index in [2.05, 4.69) is 0 Å². The molecule has 1 fully saturated rings. The zero-order chi connectivity index (χ0) is 14.0. The monoisotopic (exact) mass is 270 g/mol. The standard InChI is InChI=1S/C14H20F2N2O/c1-14(2)9-18(5-6-19-14)13-11(15)7-10(3-4-17)8-12(13)16/h7-8H,3-6,9,17H2,1-2H3. The van der Waals surface area contributed by atoms with E-state index in [1.165, 1.54) is 12.1 Å². The van der Waals surface area contributed by atoms with Gasteiger partial charge in [-0.3, -0.25) is 0 Å². The van der Waals surface area contributed by atoms with Crippen molar-refractivity contribution in [2.24, 2.45) is 5.73 Å². The van der Waals surface area contributed by atoms with Crippen LogP contribution in [0.1, 0.15) is 19.4 Å². The molecule has 0 aliphatic carbocycles. The van der Waals surface area contributed by atoms with Gasteiger partial charge in [0.25, 0.3) is 0 Å². The molecule has 1 aliphatic rings. The van der Waals surface area contributed by atoms with Crippen LogP contribution < -0.4 is 10.6 Å². The molecule has 2 rings (SSSR count). The number of anilines is 1. The Morgan fingerprint density at radius 1 is 1.32 bits per heavy atom. The van der Waals surface area contributed by atoms with Gasteiger partial charge in [0.05, 0.1) is 12.2 Å². The van der Waals surface area contributed by atoms with E-state index in [0.717, 1.165) is 0 Å². The smallest absolute Gasteiger partial charge is 0.149 e. The van der Waals surface area contributed by atoms with Gasteiger partial charge in [0.1, 0.15) is 17.3 Å². The predicted octanol–water partition coefficient (Wildman–Crippen LogP) is 2.08. The Labute approximate surface area is 112 Å². The summed E-state index contributed by atoms with van der Waals surface area (Å²) in [6.45, 7) is 5.64. The van der Waals surface area contributed by atoms with Crippen molar-refractivity contribution in [2.75, 3.05) is 31.1 Å². The molecule has 5 heteroatoms. The van der Waals surface area contributed by atoms with E-state index >= 15 is 0 Å². The van der Waals surface area contributed by atoms with Crippen molar-refractivity contribution in [3.8, 4) is 0 Å². The van der Waals surface area contributed by atoms with Crippen LogP contribution in [0.25, 0.3) is 0 Å². The molecule has 1 aromatic rings. The van der Waals surface area contributed by atoms with Gasteiger partial charge in [0.2, 0.25) is 0 Å². The number of nitrogens with zero attached hydrogens (tertiary/aromatic N) is 1. The Morgan fingerprint density at radius 3 is 2.47 bits per heavy atom. The molecule has 0 aromatic heterocycles. The fraction of sp³-hybridized carbons (Fsp3) is 0.571. The maximum Gasteiger partial charge on any atom is 0.149 e. The first-order chi connectivity index (χ1) is 8.93. The van der Waals surface area contributed by atoms with Crippen LogP contribution in [0.2, 0.25) is 0 Å². The summed E-state index contributed by atoms with van der Waals surface area (Å²) >= 11 is 0. The van der Waals surface area contributed by atoms with Gasteiger partial charge < -0.3 is 15.4 Å². The van der Waals surface area contributed by atoms with E-state index in [9.17, 15) is 8.78 Å². The van der Waals surface area contributed by atoms with Crippen LogP contribution in [-0.2, 0) is 11.2 Å². The Morgan fingerprint density at radius 2 is 1.95 bits per heavy atom. The van der Waals surface area contributed by atoms with E-state index in [4.69, 9.17) is 10.5 Å². The van der Waals surface area contributed by atoms with Gasteiger partial charge >= 0.3 is 0 Å². The highest BCUT2D eigenvalue weighted by Crippen LogP contribution is 2.29. The predicted molar refractivity (Wildman–Crippen MR) is 71.4 cm³/mol. The van der Waals surface area contributed by atoms with Crippen molar-refractivity contribution in [3.63, 3.8) is 0 Å². The number of hydrogen-bond acceptors (Lipinski definition) is 3. The molecular weight excluding hydrogens is 250 g/mol. The van der Waals surface area contributed by atoms with E-state index in [1.54, 1.807) is 4.90 Å². The highest BCUT2D eigenvalue weighted by atomic mass is 19.1. The molecule has 3 nitrogen and oxygen atoms in total. The number of morpholine rings is 1. The van der Waals surface area contributed by atoms with Gasteiger partial charge in [-0.25, -0.2) is 8.78 Å². The fourth-order valence-corrected chi connectivity index (χ4v) is 2.44. The zero-order valence-electron chi connectivity index (χ0n) is 11.4. The Kier molecular flexibility index (Phi) is 4.06. The van der Waals surface area contributed by atoms with E-state index in [-0.39, 0.29) is 5.69 Å². The third-order valence-corrected chi connectivity index (χ3v) is 3.25. The molecule has 0 radical (unpaired) electrons. The first kappa shape index (κ1) is 14.2. The lowest BCUT2D eigenvalue weighted by molar-refractivity contribution is -0.0280. The topological polar surface area (TPSA) is 38.5 Å². The molecule has 1 heterocycles. The highest BCUT2D eigenvalue weighted by Gasteiger charge is 2.30. The number of rotatable bonds is 3. The molecule has 1 aliphatic heterocycles. The molecule has 1 aromatic carbocycles. The average molecular weight is 270 g/mol. The van der Waals surface area contributed by atoms with Crippen LogP contribution >= 0.6 is 0 Å². The largest absolute Gasteiger partial charge is 0.372 e. The number of nitrogens with two attached hydrogens (primary N) is 1. The Balaban J connectivity index is 2.29. The Bertz CT molecular complexity index is 440. The van der Waals surface area contributed by atoms with Gasteiger partial charge in [-0.05, 0) is 44.5 Å². The lowest BCUT2D eigenvalue weighted by Gasteiger charge is -2.39. The first-order valence-electron chi connectivity index (χ1n) is 6.50. The van der Waals surface area contributed by atoms with Crippen molar-refractivity contribution in [3.05, 3.63) is 29.3 Å². The summed E-state index contributed by atoms with van der Waals surface area (Å²) in [5, 5.41) is 0. The second kappa shape index (κ2) is 5.43. The van der Waals surface area contributed by atoms with Crippen LogP contribution in [0.4, 0.5) is 14.5 Å². The molecule has 0 unspecified atom stereocenters. The third-order valence-electron chi connectivity index (χ3n) is 3.25. The van der Waals surface area contributed by atoms with Gasteiger partial charge in [0, 0.05) is 13.1 Å². The highest BCUT2D eigenvalue weighted by molar-refractivity contribution is 5.51. The summed E-state index contributed by atoms with van der Waals surface area (Å²) in [4.78, 5) is 1.71. The number of ether oxygens (including phenoxy) is 1. The minimum atomic E-state index is -0.527. The second-order valence-corrected chi connectivity index (χ2v) is 5.48. The molecule has 0 spiro atoms. The van der Waals surface area contributed by atoms with Crippen molar-refractivity contribution in [2.45, 2.75) is 25.9 Å². The van der Waals surface area contributed by atoms with E-state index in [1.807, 2.05) is 13.8 Å². The molecular formula is C14H20F2N2O. The molecule has 0 saturated carbocycles. The number of halogens is 2. The quantitative estimate of drug-likeness (QED) is 0.914. The van der Waals surface area contributed by atoms with E-state index in [0.29, 0.717) is 38.2 Å². The number of hydrogen-bond donors (Lipinski definition) is 1. The summed E-state index contributed by atoms with van der Waals surface area (Å²) in [6, 6.07) is 2.74. The van der Waals surface area contributed by atoms with Crippen molar-refractivity contribution in [1.29, 1.82) is 0 Å². The lowest BCUT2D eigenvalue weighted by atomic mass is 10.1. The fourth-order valence-electron chi connectivity index (χ4n) is 2.44. The van der Waals surface area contributed by atoms with Gasteiger partial charge in [-0.1, -0.05) is 0 Å². The van der Waals surface area contributed by atoms with Gasteiger partial charge in [-0.2, -0.15) is 0 Å². The SMILES string of the molecule is CC1(C)CN(c2c(F)cc(CCN)cc2F)CCO1. The maximum atomic E-state index is 14.1. The van der Waals surface area contributed by atoms with Crippen LogP contribution in [0, 0.1) is 11.6 Å². The summed E-state index contributed by atoms with van der Waals surface area (Å²) in [5.41, 5.74) is 5.64. The zero-order valence-corrected chi connectivity index (χ0v) is 11.4. The molecule has 19 heavy (non-hydrogen) atoms. The summed E-state index contributed by atoms with van der Waals surface area (Å²) in [7, 11) is 0. The van der Waals surface area contributed by atoms with Crippen LogP contribution in [0.3, 0.4) is 0 Å². The van der Waals surface area contributed by atoms with E-state index < -0.39 is 17.2 Å². The molecule has 0 bridgehead atoms. The molecule has 2 N–H and O–H groups in total. The number of benzene rings is 1. The Hall–Kier alpha value is -1.20. The molecule has 1 saturated heterocycles. The third kappa shape index (κ3) is 3.22. The minimum Gasteiger partial charge on any atom is -0.372 e. The van der Waals surface area contributed by atoms with Gasteiger partial charge in [-0.15, -0.1) is 0 Å². The van der Waals surface area contributed by atoms with Crippen LogP contribution in [0.15, 0.2) is 12.1 Å². The van der Waals surface area contributed by atoms with Crippen LogP contribution in [-0.4, -0.2) is 31.8 Å². The molecule has 106 valence electrons. The van der Waals surface area contributed by atoms with Crippen LogP contribution in [0.5, 0.6) is 0 Å². The van der Waals surface area contributed by atoms with Crippen molar-refractivity contribution >= 4 is 5.69 Å². The molecule has 0 atom stereocenters. The summed E-state index contributed by atoms with van der Waals surface area (Å²) < 4.78 is 33.8. The summed E-state index contributed by atoms with van der Waals surface area (Å²) in [6.07, 6.45) is 0.475. The van der Waals surface area contributed by atoms with Crippen molar-refractivity contribution in [1.82, 2.24) is 0 Å². The second-order valence-electron chi connectivity index (χ2n) is 5.48. The molecule has 0 amide bonds. The maximum absolute atomic E-state index is 14.1. The lowest BCUT2D eigenvalue weighted by Crippen LogP contribution is -2.49. The van der Waals surface area contributed by atoms with Crippen molar-refractivity contribution < 1.29 is 13.5 Å². The summed E-state index contributed by atoms with van der Waals surface area (Å²) in [5.74, 6) is -1.05. The van der Waals surface area contributed by atoms with Gasteiger partial charge in [0.15, 0.2) is 0 Å². The minimum absolute atomic E-state index is 0.0390.